The summed E-state index contributed by atoms with van der Waals surface area (Å²) in [7, 11) is 3.13. The molecule has 0 aromatic heterocycles. The van der Waals surface area contributed by atoms with E-state index in [1.54, 1.807) is 38.5 Å². The van der Waals surface area contributed by atoms with Crippen molar-refractivity contribution in [3.63, 3.8) is 0 Å². The van der Waals surface area contributed by atoms with Crippen molar-refractivity contribution in [1.29, 1.82) is 0 Å². The molecule has 0 aliphatic carbocycles. The van der Waals surface area contributed by atoms with Gasteiger partial charge in [-0.15, -0.1) is 0 Å². The third kappa shape index (κ3) is 3.75. The van der Waals surface area contributed by atoms with Crippen LogP contribution in [0.15, 0.2) is 36.1 Å². The SMILES string of the molecule is COc1cccc(C=C2Oc3c(ccc(O)c3C[NH+]3CCC[C@@H](C)C3)C2=O)c1OC. The maximum atomic E-state index is 13.0. The van der Waals surface area contributed by atoms with Gasteiger partial charge in [0.05, 0.1) is 38.4 Å². The number of hydrogen-bond acceptors (Lipinski definition) is 5. The number of allylic oxidation sites excluding steroid dienone is 1. The van der Waals surface area contributed by atoms with E-state index in [9.17, 15) is 9.90 Å². The predicted octanol–water partition coefficient (Wildman–Crippen LogP) is 2.84. The zero-order valence-electron chi connectivity index (χ0n) is 17.7. The summed E-state index contributed by atoms with van der Waals surface area (Å²) >= 11 is 0. The monoisotopic (exact) mass is 410 g/mol. The number of piperidine rings is 1. The normalized spacial score (nSPS) is 22.0. The van der Waals surface area contributed by atoms with Gasteiger partial charge in [-0.2, -0.15) is 0 Å². The van der Waals surface area contributed by atoms with Gasteiger partial charge in [0.25, 0.3) is 0 Å². The number of ether oxygens (including phenoxy) is 3. The summed E-state index contributed by atoms with van der Waals surface area (Å²) in [4.78, 5) is 14.4. The van der Waals surface area contributed by atoms with Crippen LogP contribution in [0.5, 0.6) is 23.0 Å². The van der Waals surface area contributed by atoms with E-state index in [2.05, 4.69) is 6.92 Å². The number of fused-ring (bicyclic) bond motifs is 1. The number of methoxy groups -OCH3 is 2. The van der Waals surface area contributed by atoms with Gasteiger partial charge < -0.3 is 24.2 Å². The number of para-hydroxylation sites is 1. The lowest BCUT2D eigenvalue weighted by Crippen LogP contribution is -3.12. The molecule has 1 fully saturated rings. The molecule has 6 heteroatoms. The van der Waals surface area contributed by atoms with Crippen molar-refractivity contribution in [2.75, 3.05) is 27.3 Å². The number of aromatic hydroxyl groups is 1. The highest BCUT2D eigenvalue weighted by Crippen LogP contribution is 2.40. The van der Waals surface area contributed by atoms with Crippen molar-refractivity contribution >= 4 is 11.9 Å². The van der Waals surface area contributed by atoms with Gasteiger partial charge in [0.15, 0.2) is 23.0 Å². The number of phenols is 1. The lowest BCUT2D eigenvalue weighted by Gasteiger charge is -2.28. The predicted molar refractivity (Wildman–Crippen MR) is 113 cm³/mol. The molecule has 0 spiro atoms. The average Bonchev–Trinajstić information content (AvgIpc) is 3.05. The minimum Gasteiger partial charge on any atom is -0.507 e. The van der Waals surface area contributed by atoms with Gasteiger partial charge in [0, 0.05) is 11.5 Å². The smallest absolute Gasteiger partial charge is 0.231 e. The number of phenolic OH excluding ortho intramolecular Hbond substituents is 1. The van der Waals surface area contributed by atoms with Crippen LogP contribution >= 0.6 is 0 Å². The minimum absolute atomic E-state index is 0.174. The molecule has 4 rings (SSSR count). The van der Waals surface area contributed by atoms with Crippen LogP contribution in [-0.2, 0) is 6.54 Å². The summed E-state index contributed by atoms with van der Waals surface area (Å²) in [5, 5.41) is 10.5. The molecule has 2 atom stereocenters. The van der Waals surface area contributed by atoms with Crippen molar-refractivity contribution in [1.82, 2.24) is 0 Å². The highest BCUT2D eigenvalue weighted by molar-refractivity contribution is 6.15. The van der Waals surface area contributed by atoms with Crippen molar-refractivity contribution in [2.45, 2.75) is 26.3 Å². The zero-order chi connectivity index (χ0) is 21.3. The van der Waals surface area contributed by atoms with E-state index >= 15 is 0 Å². The molecule has 0 amide bonds. The first kappa shape index (κ1) is 20.3. The van der Waals surface area contributed by atoms with Crippen LogP contribution in [0.3, 0.4) is 0 Å². The molecule has 1 unspecified atom stereocenters. The summed E-state index contributed by atoms with van der Waals surface area (Å²) in [6.45, 7) is 5.02. The number of benzene rings is 2. The zero-order valence-corrected chi connectivity index (χ0v) is 17.7. The molecule has 0 radical (unpaired) electrons. The van der Waals surface area contributed by atoms with E-state index in [-0.39, 0.29) is 17.3 Å². The lowest BCUT2D eigenvalue weighted by molar-refractivity contribution is -0.922. The summed E-state index contributed by atoms with van der Waals surface area (Å²) in [6.07, 6.45) is 4.08. The van der Waals surface area contributed by atoms with E-state index in [0.29, 0.717) is 46.4 Å². The molecular weight excluding hydrogens is 382 g/mol. The Morgan fingerprint density at radius 3 is 2.80 bits per heavy atom. The molecule has 2 heterocycles. The number of hydrogen-bond donors (Lipinski definition) is 2. The molecule has 158 valence electrons. The number of likely N-dealkylation sites (tertiary alicyclic amines) is 1. The van der Waals surface area contributed by atoms with Crippen LogP contribution in [0.2, 0.25) is 0 Å². The average molecular weight is 410 g/mol. The Morgan fingerprint density at radius 2 is 2.07 bits per heavy atom. The Morgan fingerprint density at radius 1 is 1.23 bits per heavy atom. The quantitative estimate of drug-likeness (QED) is 0.742. The van der Waals surface area contributed by atoms with E-state index in [1.807, 2.05) is 12.1 Å². The molecule has 1 saturated heterocycles. The van der Waals surface area contributed by atoms with Crippen molar-refractivity contribution in [3.8, 4) is 23.0 Å². The second kappa shape index (κ2) is 8.40. The summed E-state index contributed by atoms with van der Waals surface area (Å²) in [5.41, 5.74) is 1.88. The molecule has 6 nitrogen and oxygen atoms in total. The molecule has 2 aromatic carbocycles. The highest BCUT2D eigenvalue weighted by Gasteiger charge is 2.33. The Balaban J connectivity index is 1.67. The number of nitrogens with one attached hydrogen (secondary N) is 1. The summed E-state index contributed by atoms with van der Waals surface area (Å²) in [6, 6.07) is 8.70. The van der Waals surface area contributed by atoms with Gasteiger partial charge in [0.1, 0.15) is 12.3 Å². The number of carbonyl (C=O) groups is 1. The minimum atomic E-state index is -0.196. The molecule has 0 bridgehead atoms. The summed E-state index contributed by atoms with van der Waals surface area (Å²) in [5.74, 6) is 2.44. The topological polar surface area (TPSA) is 69.4 Å². The van der Waals surface area contributed by atoms with Gasteiger partial charge in [-0.3, -0.25) is 4.79 Å². The largest absolute Gasteiger partial charge is 0.507 e. The molecule has 2 aliphatic rings. The lowest BCUT2D eigenvalue weighted by atomic mass is 9.99. The van der Waals surface area contributed by atoms with E-state index < -0.39 is 0 Å². The number of rotatable bonds is 5. The van der Waals surface area contributed by atoms with E-state index in [0.717, 1.165) is 13.1 Å². The number of carbonyl (C=O) groups excluding carboxylic acids is 1. The first-order valence-electron chi connectivity index (χ1n) is 10.4. The van der Waals surface area contributed by atoms with Crippen LogP contribution in [-0.4, -0.2) is 38.2 Å². The maximum Gasteiger partial charge on any atom is 0.231 e. The van der Waals surface area contributed by atoms with E-state index in [4.69, 9.17) is 14.2 Å². The molecule has 0 saturated carbocycles. The Hall–Kier alpha value is -2.99. The Labute approximate surface area is 176 Å². The van der Waals surface area contributed by atoms with Gasteiger partial charge in [0.2, 0.25) is 5.78 Å². The third-order valence-corrected chi connectivity index (χ3v) is 5.93. The van der Waals surface area contributed by atoms with Gasteiger partial charge in [-0.1, -0.05) is 19.1 Å². The standard InChI is InChI=1S/C24H27NO5/c1-15-6-5-11-25(13-15)14-18-19(26)10-9-17-22(27)21(30-24(17)18)12-16-7-4-8-20(28-2)23(16)29-3/h4,7-10,12,15,26H,5-6,11,13-14H2,1-3H3/p+1/t15-/m1/s1. The van der Waals surface area contributed by atoms with Crippen molar-refractivity contribution in [3.05, 3.63) is 52.8 Å². The van der Waals surface area contributed by atoms with Crippen molar-refractivity contribution < 1.29 is 29.0 Å². The second-order valence-electron chi connectivity index (χ2n) is 8.09. The fraction of sp³-hybridized carbons (Fsp3) is 0.375. The Kier molecular flexibility index (Phi) is 5.68. The third-order valence-electron chi connectivity index (χ3n) is 5.93. The number of ketones is 1. The molecule has 30 heavy (non-hydrogen) atoms. The van der Waals surface area contributed by atoms with Crippen LogP contribution < -0.4 is 19.1 Å². The molecule has 2 aliphatic heterocycles. The van der Waals surface area contributed by atoms with Crippen molar-refractivity contribution in [2.24, 2.45) is 5.92 Å². The highest BCUT2D eigenvalue weighted by atomic mass is 16.5. The molecular formula is C24H28NO5+. The summed E-state index contributed by atoms with van der Waals surface area (Å²) < 4.78 is 16.8. The van der Waals surface area contributed by atoms with Gasteiger partial charge in [-0.25, -0.2) is 0 Å². The maximum absolute atomic E-state index is 13.0. The van der Waals surface area contributed by atoms with Crippen LogP contribution in [0.1, 0.15) is 41.3 Å². The number of quaternary nitrogens is 1. The molecule has 2 N–H and O–H groups in total. The number of Topliss-reactive ketones (excluding diaryl/α,β-unsaturated/α-hetero) is 1. The van der Waals surface area contributed by atoms with Gasteiger partial charge in [-0.05, 0) is 37.1 Å². The van der Waals surface area contributed by atoms with Crippen LogP contribution in [0.4, 0.5) is 0 Å². The van der Waals surface area contributed by atoms with Gasteiger partial charge >= 0.3 is 0 Å². The first-order valence-corrected chi connectivity index (χ1v) is 10.4. The first-order chi connectivity index (χ1) is 14.5. The second-order valence-corrected chi connectivity index (χ2v) is 8.09. The fourth-order valence-electron chi connectivity index (χ4n) is 4.44. The van der Waals surface area contributed by atoms with Crippen LogP contribution in [0.25, 0.3) is 6.08 Å². The van der Waals surface area contributed by atoms with Crippen LogP contribution in [0, 0.1) is 5.92 Å². The van der Waals surface area contributed by atoms with E-state index in [1.165, 1.54) is 17.7 Å². The molecule has 2 aromatic rings. The Bertz CT molecular complexity index is 997. The fourth-order valence-corrected chi connectivity index (χ4v) is 4.44.